The summed E-state index contributed by atoms with van der Waals surface area (Å²) in [6.07, 6.45) is 2.91. The van der Waals surface area contributed by atoms with Gasteiger partial charge in [-0.3, -0.25) is 4.79 Å². The smallest absolute Gasteiger partial charge is 0.466 e. The van der Waals surface area contributed by atoms with Gasteiger partial charge in [-0.05, 0) is 26.7 Å². The molecule has 0 spiro atoms. The summed E-state index contributed by atoms with van der Waals surface area (Å²) in [5.41, 5.74) is -0.324. The Morgan fingerprint density at radius 2 is 1.81 bits per heavy atom. The van der Waals surface area contributed by atoms with Crippen molar-refractivity contribution < 1.29 is 23.8 Å². The molecule has 16 heavy (non-hydrogen) atoms. The highest BCUT2D eigenvalue weighted by molar-refractivity contribution is 5.69. The molecule has 2 rings (SSSR count). The largest absolute Gasteiger partial charge is 0.508 e. The minimum absolute atomic E-state index is 0.0359. The Labute approximate surface area is 95.0 Å². The molecule has 0 unspecified atom stereocenters. The van der Waals surface area contributed by atoms with Crippen molar-refractivity contribution in [1.29, 1.82) is 0 Å². The van der Waals surface area contributed by atoms with E-state index in [-0.39, 0.29) is 11.6 Å². The van der Waals surface area contributed by atoms with E-state index in [0.717, 1.165) is 19.3 Å². The van der Waals surface area contributed by atoms with Crippen LogP contribution in [-0.2, 0) is 19.0 Å². The quantitative estimate of drug-likeness (QED) is 0.596. The van der Waals surface area contributed by atoms with Crippen molar-refractivity contribution in [3.05, 3.63) is 0 Å². The molecule has 0 saturated carbocycles. The number of esters is 1. The summed E-state index contributed by atoms with van der Waals surface area (Å²) in [7, 11) is 0. The molecule has 92 valence electrons. The van der Waals surface area contributed by atoms with Crippen LogP contribution in [0.5, 0.6) is 0 Å². The van der Waals surface area contributed by atoms with E-state index in [2.05, 4.69) is 9.47 Å². The predicted molar refractivity (Wildman–Crippen MR) is 55.9 cm³/mol. The lowest BCUT2D eigenvalue weighted by Crippen LogP contribution is -2.35. The maximum absolute atomic E-state index is 10.4. The highest BCUT2D eigenvalue weighted by atomic mass is 16.7. The third-order valence-electron chi connectivity index (χ3n) is 2.32. The molecule has 0 radical (unpaired) electrons. The van der Waals surface area contributed by atoms with Crippen LogP contribution in [0.1, 0.15) is 39.5 Å². The monoisotopic (exact) mass is 230 g/mol. The molecule has 2 fully saturated rings. The van der Waals surface area contributed by atoms with Gasteiger partial charge in [-0.25, -0.2) is 4.79 Å². The number of hydrogen-bond acceptors (Lipinski definition) is 5. The summed E-state index contributed by atoms with van der Waals surface area (Å²) in [6.45, 7) is 4.85. The Hall–Kier alpha value is -1.26. The standard InChI is InChI=1S/C6H10O3.C5H8O2/c1-6(2)3-4-8-5(7)9-6;6-5-3-1-2-4-7-5/h3-4H2,1-2H3;1-4H2. The highest BCUT2D eigenvalue weighted by Gasteiger charge is 2.28. The van der Waals surface area contributed by atoms with Gasteiger partial charge in [0.15, 0.2) is 0 Å². The van der Waals surface area contributed by atoms with Gasteiger partial charge in [-0.15, -0.1) is 0 Å². The van der Waals surface area contributed by atoms with E-state index in [0.29, 0.717) is 19.6 Å². The Balaban J connectivity index is 0.000000165. The highest BCUT2D eigenvalue weighted by Crippen LogP contribution is 2.19. The van der Waals surface area contributed by atoms with Crippen LogP contribution in [-0.4, -0.2) is 30.9 Å². The summed E-state index contributed by atoms with van der Waals surface area (Å²) in [6, 6.07) is 0. The number of hydrogen-bond donors (Lipinski definition) is 0. The fourth-order valence-electron chi connectivity index (χ4n) is 1.32. The van der Waals surface area contributed by atoms with Crippen molar-refractivity contribution in [2.45, 2.75) is 45.1 Å². The zero-order valence-electron chi connectivity index (χ0n) is 9.78. The van der Waals surface area contributed by atoms with Gasteiger partial charge >= 0.3 is 12.1 Å². The van der Waals surface area contributed by atoms with E-state index < -0.39 is 6.16 Å². The van der Waals surface area contributed by atoms with Crippen molar-refractivity contribution in [2.75, 3.05) is 13.2 Å². The number of ether oxygens (including phenoxy) is 3. The molecule has 0 N–H and O–H groups in total. The topological polar surface area (TPSA) is 61.8 Å². The third kappa shape index (κ3) is 5.00. The van der Waals surface area contributed by atoms with Crippen LogP contribution in [0, 0.1) is 0 Å². The van der Waals surface area contributed by atoms with Crippen LogP contribution in [0.4, 0.5) is 4.79 Å². The number of carbonyl (C=O) groups excluding carboxylic acids is 2. The first-order valence-electron chi connectivity index (χ1n) is 5.51. The predicted octanol–water partition coefficient (Wildman–Crippen LogP) is 2.04. The van der Waals surface area contributed by atoms with Gasteiger partial charge in [-0.2, -0.15) is 0 Å². The Bertz CT molecular complexity index is 251. The first-order valence-corrected chi connectivity index (χ1v) is 5.51. The lowest BCUT2D eigenvalue weighted by Gasteiger charge is -2.28. The molecular formula is C11H18O5. The SMILES string of the molecule is CC1(C)CCOC(=O)O1.O=C1CCCCO1. The van der Waals surface area contributed by atoms with Crippen LogP contribution >= 0.6 is 0 Å². The van der Waals surface area contributed by atoms with E-state index in [4.69, 9.17) is 4.74 Å². The van der Waals surface area contributed by atoms with E-state index in [1.54, 1.807) is 0 Å². The van der Waals surface area contributed by atoms with Crippen LogP contribution in [0.3, 0.4) is 0 Å². The van der Waals surface area contributed by atoms with Crippen molar-refractivity contribution >= 4 is 12.1 Å². The summed E-state index contributed by atoms with van der Waals surface area (Å²) in [4.78, 5) is 20.7. The van der Waals surface area contributed by atoms with Crippen molar-refractivity contribution in [1.82, 2.24) is 0 Å². The first kappa shape index (κ1) is 12.8. The van der Waals surface area contributed by atoms with Gasteiger partial charge in [0, 0.05) is 12.8 Å². The van der Waals surface area contributed by atoms with Gasteiger partial charge in [-0.1, -0.05) is 0 Å². The molecule has 0 aromatic rings. The van der Waals surface area contributed by atoms with E-state index >= 15 is 0 Å². The molecule has 2 heterocycles. The second kappa shape index (κ2) is 5.72. The van der Waals surface area contributed by atoms with Crippen LogP contribution in [0.15, 0.2) is 0 Å². The van der Waals surface area contributed by atoms with Crippen molar-refractivity contribution in [3.63, 3.8) is 0 Å². The zero-order chi connectivity index (χ0) is 12.0. The fourth-order valence-corrected chi connectivity index (χ4v) is 1.32. The van der Waals surface area contributed by atoms with Gasteiger partial charge in [0.1, 0.15) is 5.60 Å². The van der Waals surface area contributed by atoms with Crippen molar-refractivity contribution in [2.24, 2.45) is 0 Å². The molecule has 2 aliphatic heterocycles. The molecule has 0 bridgehead atoms. The molecule has 0 aromatic heterocycles. The average Bonchev–Trinajstić information content (AvgIpc) is 2.17. The van der Waals surface area contributed by atoms with Gasteiger partial charge < -0.3 is 14.2 Å². The molecule has 0 amide bonds. The van der Waals surface area contributed by atoms with E-state index in [9.17, 15) is 9.59 Å². The summed E-state index contributed by atoms with van der Waals surface area (Å²) in [5.74, 6) is -0.0359. The van der Waals surface area contributed by atoms with E-state index in [1.807, 2.05) is 13.8 Å². The molecular weight excluding hydrogens is 212 g/mol. The van der Waals surface area contributed by atoms with E-state index in [1.165, 1.54) is 0 Å². The lowest BCUT2D eigenvalue weighted by atomic mass is 10.1. The van der Waals surface area contributed by atoms with Crippen molar-refractivity contribution in [3.8, 4) is 0 Å². The van der Waals surface area contributed by atoms with Crippen LogP contribution in [0.25, 0.3) is 0 Å². The minimum atomic E-state index is -0.550. The third-order valence-corrected chi connectivity index (χ3v) is 2.32. The Morgan fingerprint density at radius 1 is 1.06 bits per heavy atom. The van der Waals surface area contributed by atoms with Crippen LogP contribution in [0.2, 0.25) is 0 Å². The normalized spacial score (nSPS) is 23.1. The summed E-state index contributed by atoms with van der Waals surface area (Å²) < 4.78 is 14.0. The van der Waals surface area contributed by atoms with Gasteiger partial charge in [0.05, 0.1) is 13.2 Å². The Morgan fingerprint density at radius 3 is 2.12 bits per heavy atom. The van der Waals surface area contributed by atoms with Gasteiger partial charge in [0.25, 0.3) is 0 Å². The Kier molecular flexibility index (Phi) is 4.58. The molecule has 5 heteroatoms. The zero-order valence-corrected chi connectivity index (χ0v) is 9.78. The fraction of sp³-hybridized carbons (Fsp3) is 0.818. The lowest BCUT2D eigenvalue weighted by molar-refractivity contribution is -0.146. The van der Waals surface area contributed by atoms with Crippen LogP contribution < -0.4 is 0 Å². The number of rotatable bonds is 0. The number of cyclic esters (lactones) is 3. The maximum Gasteiger partial charge on any atom is 0.508 e. The molecule has 2 aliphatic rings. The van der Waals surface area contributed by atoms with Gasteiger partial charge in [0.2, 0.25) is 0 Å². The molecule has 2 saturated heterocycles. The second-order valence-electron chi connectivity index (χ2n) is 4.39. The molecule has 0 aliphatic carbocycles. The molecule has 0 aromatic carbocycles. The summed E-state index contributed by atoms with van der Waals surface area (Å²) >= 11 is 0. The molecule has 5 nitrogen and oxygen atoms in total. The first-order chi connectivity index (χ1) is 7.49. The second-order valence-corrected chi connectivity index (χ2v) is 4.39. The minimum Gasteiger partial charge on any atom is -0.466 e. The average molecular weight is 230 g/mol. The molecule has 0 atom stereocenters. The summed E-state index contributed by atoms with van der Waals surface area (Å²) in [5, 5.41) is 0. The number of carbonyl (C=O) groups is 2. The maximum atomic E-state index is 10.4.